The van der Waals surface area contributed by atoms with E-state index in [1.165, 1.54) is 0 Å². The predicted octanol–water partition coefficient (Wildman–Crippen LogP) is 3.33. The minimum Gasteiger partial charge on any atom is -0.391 e. The van der Waals surface area contributed by atoms with Gasteiger partial charge in [0, 0.05) is 23.7 Å². The van der Waals surface area contributed by atoms with Crippen molar-refractivity contribution in [3.8, 4) is 0 Å². The summed E-state index contributed by atoms with van der Waals surface area (Å²) in [6, 6.07) is 14.1. The maximum absolute atomic E-state index is 5.70. The lowest BCUT2D eigenvalue weighted by Gasteiger charge is -2.11. The van der Waals surface area contributed by atoms with Crippen molar-refractivity contribution in [3.63, 3.8) is 0 Å². The molecule has 2 aromatic heterocycles. The Morgan fingerprint density at radius 3 is 2.88 bits per heavy atom. The maximum atomic E-state index is 5.70. The number of likely N-dealkylation sites (N-methyl/N-ethyl adjacent to an activating group) is 1. The van der Waals surface area contributed by atoms with E-state index in [0.717, 1.165) is 41.0 Å². The van der Waals surface area contributed by atoms with Crippen molar-refractivity contribution in [2.45, 2.75) is 20.0 Å². The fourth-order valence-electron chi connectivity index (χ4n) is 2.48. The number of aromatic amines is 1. The number of nitrogens with zero attached hydrogens (tertiary/aromatic N) is 2. The smallest absolute Gasteiger partial charge is 0.137 e. The van der Waals surface area contributed by atoms with Crippen molar-refractivity contribution in [1.29, 1.82) is 0 Å². The molecule has 0 aliphatic heterocycles. The summed E-state index contributed by atoms with van der Waals surface area (Å²) in [5, 5.41) is 8.80. The molecule has 1 unspecified atom stereocenters. The van der Waals surface area contributed by atoms with Crippen LogP contribution in [-0.2, 0) is 4.84 Å². The first-order valence-corrected chi connectivity index (χ1v) is 8.21. The minimum atomic E-state index is -0.00490. The zero-order chi connectivity index (χ0) is 16.8. The highest BCUT2D eigenvalue weighted by atomic mass is 16.6. The van der Waals surface area contributed by atoms with Gasteiger partial charge in [-0.05, 0) is 25.6 Å². The first kappa shape index (κ1) is 16.2. The van der Waals surface area contributed by atoms with Gasteiger partial charge in [-0.3, -0.25) is 4.98 Å². The average Bonchev–Trinajstić information content (AvgIpc) is 3.04. The molecule has 2 N–H and O–H groups in total. The van der Waals surface area contributed by atoms with Crippen LogP contribution in [0.5, 0.6) is 0 Å². The number of benzene rings is 1. The van der Waals surface area contributed by atoms with Crippen LogP contribution in [-0.4, -0.2) is 34.9 Å². The molecular weight excluding hydrogens is 300 g/mol. The standard InChI is InChI=1S/C19H22N4O/c1-3-20-12-14(2)24-23-19(15-7-5-4-6-8-15)17-11-16-9-10-21-13-18(16)22-17/h4-11,13-14,20,22H,3,12H2,1-2H3/b23-19+. The van der Waals surface area contributed by atoms with Crippen molar-refractivity contribution >= 4 is 16.6 Å². The molecule has 5 nitrogen and oxygen atoms in total. The highest BCUT2D eigenvalue weighted by Crippen LogP contribution is 2.18. The van der Waals surface area contributed by atoms with Gasteiger partial charge in [0.05, 0.1) is 17.4 Å². The third-order valence-electron chi connectivity index (χ3n) is 3.73. The second-order valence-corrected chi connectivity index (χ2v) is 5.68. The van der Waals surface area contributed by atoms with Gasteiger partial charge in [0.15, 0.2) is 0 Å². The van der Waals surface area contributed by atoms with E-state index in [9.17, 15) is 0 Å². The summed E-state index contributed by atoms with van der Waals surface area (Å²) in [7, 11) is 0. The first-order chi connectivity index (χ1) is 11.8. The van der Waals surface area contributed by atoms with Gasteiger partial charge in [-0.25, -0.2) is 0 Å². The summed E-state index contributed by atoms with van der Waals surface area (Å²) < 4.78 is 0. The molecule has 0 aliphatic carbocycles. The number of hydrogen-bond donors (Lipinski definition) is 2. The highest BCUT2D eigenvalue weighted by Gasteiger charge is 2.12. The van der Waals surface area contributed by atoms with Gasteiger partial charge in [-0.2, -0.15) is 0 Å². The topological polar surface area (TPSA) is 62.3 Å². The van der Waals surface area contributed by atoms with E-state index in [4.69, 9.17) is 4.84 Å². The number of aromatic nitrogens is 2. The van der Waals surface area contributed by atoms with E-state index in [2.05, 4.69) is 33.4 Å². The van der Waals surface area contributed by atoms with Crippen LogP contribution in [0.1, 0.15) is 25.1 Å². The minimum absolute atomic E-state index is 0.00490. The summed E-state index contributed by atoms with van der Waals surface area (Å²) in [6.07, 6.45) is 3.60. The molecule has 124 valence electrons. The molecule has 3 rings (SSSR count). The molecule has 1 atom stereocenters. The van der Waals surface area contributed by atoms with E-state index < -0.39 is 0 Å². The molecular formula is C19H22N4O. The lowest BCUT2D eigenvalue weighted by atomic mass is 10.1. The summed E-state index contributed by atoms with van der Waals surface area (Å²) >= 11 is 0. The van der Waals surface area contributed by atoms with Gasteiger partial charge in [-0.15, -0.1) is 0 Å². The van der Waals surface area contributed by atoms with Crippen molar-refractivity contribution in [3.05, 3.63) is 66.1 Å². The van der Waals surface area contributed by atoms with Crippen LogP contribution in [0.2, 0.25) is 0 Å². The van der Waals surface area contributed by atoms with Gasteiger partial charge in [0.2, 0.25) is 0 Å². The Balaban J connectivity index is 1.93. The molecule has 0 fully saturated rings. The van der Waals surface area contributed by atoms with E-state index in [0.29, 0.717) is 0 Å². The van der Waals surface area contributed by atoms with Crippen LogP contribution in [0.25, 0.3) is 10.9 Å². The molecule has 0 spiro atoms. The quantitative estimate of drug-likeness (QED) is 0.518. The number of hydrogen-bond acceptors (Lipinski definition) is 4. The second-order valence-electron chi connectivity index (χ2n) is 5.68. The van der Waals surface area contributed by atoms with Crippen molar-refractivity contribution in [2.75, 3.05) is 13.1 Å². The fourth-order valence-corrected chi connectivity index (χ4v) is 2.48. The van der Waals surface area contributed by atoms with Crippen LogP contribution in [0.3, 0.4) is 0 Å². The van der Waals surface area contributed by atoms with Gasteiger partial charge in [-0.1, -0.05) is 42.4 Å². The van der Waals surface area contributed by atoms with E-state index in [1.807, 2.05) is 49.5 Å². The zero-order valence-corrected chi connectivity index (χ0v) is 14.0. The molecule has 0 bridgehead atoms. The molecule has 0 saturated carbocycles. The molecule has 1 aromatic carbocycles. The highest BCUT2D eigenvalue weighted by molar-refractivity contribution is 6.13. The molecule has 0 amide bonds. The lowest BCUT2D eigenvalue weighted by Crippen LogP contribution is -2.25. The molecule has 24 heavy (non-hydrogen) atoms. The lowest BCUT2D eigenvalue weighted by molar-refractivity contribution is 0.0729. The Bertz CT molecular complexity index is 777. The molecule has 2 heterocycles. The van der Waals surface area contributed by atoms with Crippen LogP contribution >= 0.6 is 0 Å². The third kappa shape index (κ3) is 3.81. The Morgan fingerprint density at radius 2 is 2.12 bits per heavy atom. The van der Waals surface area contributed by atoms with Gasteiger partial charge < -0.3 is 15.1 Å². The van der Waals surface area contributed by atoms with E-state index in [-0.39, 0.29) is 6.10 Å². The largest absolute Gasteiger partial charge is 0.391 e. The van der Waals surface area contributed by atoms with Crippen LogP contribution < -0.4 is 5.32 Å². The predicted molar refractivity (Wildman–Crippen MR) is 97.3 cm³/mol. The number of oxime groups is 1. The first-order valence-electron chi connectivity index (χ1n) is 8.21. The Morgan fingerprint density at radius 1 is 1.29 bits per heavy atom. The summed E-state index contributed by atoms with van der Waals surface area (Å²) in [5.74, 6) is 0. The van der Waals surface area contributed by atoms with Crippen molar-refractivity contribution in [1.82, 2.24) is 15.3 Å². The Hall–Kier alpha value is -2.66. The molecule has 0 radical (unpaired) electrons. The number of pyridine rings is 1. The molecule has 0 saturated heterocycles. The summed E-state index contributed by atoms with van der Waals surface area (Å²) in [4.78, 5) is 13.2. The van der Waals surface area contributed by atoms with Crippen LogP contribution in [0, 0.1) is 0 Å². The Kier molecular flexibility index (Phi) is 5.23. The van der Waals surface area contributed by atoms with Crippen molar-refractivity contribution in [2.24, 2.45) is 5.16 Å². The van der Waals surface area contributed by atoms with E-state index in [1.54, 1.807) is 6.20 Å². The SMILES string of the molecule is CCNCC(C)O/N=C(\c1ccccc1)c1cc2ccncc2[nH]1. The van der Waals surface area contributed by atoms with E-state index >= 15 is 0 Å². The number of H-pyrrole nitrogens is 1. The second kappa shape index (κ2) is 7.75. The summed E-state index contributed by atoms with van der Waals surface area (Å²) in [6.45, 7) is 5.75. The molecule has 5 heteroatoms. The third-order valence-corrected chi connectivity index (χ3v) is 3.73. The Labute approximate surface area is 141 Å². The monoisotopic (exact) mass is 322 g/mol. The van der Waals surface area contributed by atoms with Gasteiger partial charge in [0.1, 0.15) is 11.8 Å². The van der Waals surface area contributed by atoms with Gasteiger partial charge in [0.25, 0.3) is 0 Å². The zero-order valence-electron chi connectivity index (χ0n) is 14.0. The van der Waals surface area contributed by atoms with Gasteiger partial charge >= 0.3 is 0 Å². The number of nitrogens with one attached hydrogen (secondary N) is 2. The molecule has 0 aliphatic rings. The molecule has 3 aromatic rings. The number of fused-ring (bicyclic) bond motifs is 1. The average molecular weight is 322 g/mol. The van der Waals surface area contributed by atoms with Crippen molar-refractivity contribution < 1.29 is 4.84 Å². The van der Waals surface area contributed by atoms with Crippen LogP contribution in [0.15, 0.2) is 60.0 Å². The maximum Gasteiger partial charge on any atom is 0.137 e. The van der Waals surface area contributed by atoms with Crippen LogP contribution in [0.4, 0.5) is 0 Å². The fraction of sp³-hybridized carbons (Fsp3) is 0.263. The normalized spacial score (nSPS) is 13.2. The summed E-state index contributed by atoms with van der Waals surface area (Å²) in [5.41, 5.74) is 3.69. The number of rotatable bonds is 7.